The highest BCUT2D eigenvalue weighted by Crippen LogP contribution is 2.32. The van der Waals surface area contributed by atoms with Crippen molar-refractivity contribution in [1.29, 1.82) is 0 Å². The van der Waals surface area contributed by atoms with Crippen molar-refractivity contribution in [3.63, 3.8) is 0 Å². The van der Waals surface area contributed by atoms with Gasteiger partial charge in [0, 0.05) is 5.02 Å². The second-order valence-electron chi connectivity index (χ2n) is 7.24. The van der Waals surface area contributed by atoms with E-state index in [0.717, 1.165) is 10.3 Å². The third-order valence-corrected chi connectivity index (χ3v) is 7.77. The van der Waals surface area contributed by atoms with Gasteiger partial charge in [-0.3, -0.25) is 9.69 Å². The Kier molecular flexibility index (Phi) is 6.97. The minimum absolute atomic E-state index is 0.0468. The number of carbonyl (C=O) groups is 1. The Balaban J connectivity index is 1.68. The van der Waals surface area contributed by atoms with Crippen LogP contribution in [0.2, 0.25) is 5.02 Å². The van der Waals surface area contributed by atoms with Gasteiger partial charge in [-0.2, -0.15) is 0 Å². The normalized spacial score (nSPS) is 11.5. The fraction of sp³-hybridized carbons (Fsp3) is 0.167. The van der Waals surface area contributed by atoms with Crippen LogP contribution in [-0.2, 0) is 21.2 Å². The van der Waals surface area contributed by atoms with E-state index in [-0.39, 0.29) is 11.4 Å². The van der Waals surface area contributed by atoms with Gasteiger partial charge in [-0.15, -0.1) is 0 Å². The van der Waals surface area contributed by atoms with Gasteiger partial charge < -0.3 is 4.74 Å². The first-order valence-electron chi connectivity index (χ1n) is 10.2. The van der Waals surface area contributed by atoms with Gasteiger partial charge in [0.2, 0.25) is 5.91 Å². The molecular formula is C24H21ClN2O4S2. The molecule has 1 heterocycles. The van der Waals surface area contributed by atoms with Gasteiger partial charge in [-0.05, 0) is 55.0 Å². The smallest absolute Gasteiger partial charge is 0.244 e. The van der Waals surface area contributed by atoms with E-state index in [1.165, 1.54) is 40.5 Å². The largest absolute Gasteiger partial charge is 0.494 e. The number of aromatic nitrogens is 1. The van der Waals surface area contributed by atoms with Crippen molar-refractivity contribution in [2.24, 2.45) is 0 Å². The molecule has 33 heavy (non-hydrogen) atoms. The van der Waals surface area contributed by atoms with E-state index in [4.69, 9.17) is 16.3 Å². The molecule has 0 N–H and O–H groups in total. The number of carbonyl (C=O) groups excluding carboxylic acids is 1. The van der Waals surface area contributed by atoms with Crippen LogP contribution in [0.25, 0.3) is 10.2 Å². The molecule has 0 radical (unpaired) electrons. The van der Waals surface area contributed by atoms with Crippen LogP contribution < -0.4 is 9.64 Å². The molecule has 1 amide bonds. The van der Waals surface area contributed by atoms with Crippen molar-refractivity contribution in [1.82, 2.24) is 4.98 Å². The molecule has 6 nitrogen and oxygen atoms in total. The summed E-state index contributed by atoms with van der Waals surface area (Å²) in [4.78, 5) is 19.4. The van der Waals surface area contributed by atoms with E-state index in [0.29, 0.717) is 28.0 Å². The Morgan fingerprint density at radius 2 is 1.79 bits per heavy atom. The maximum atomic E-state index is 13.3. The average molecular weight is 501 g/mol. The lowest BCUT2D eigenvalue weighted by molar-refractivity contribution is -0.116. The number of ether oxygens (including phenoxy) is 1. The molecule has 0 bridgehead atoms. The van der Waals surface area contributed by atoms with Crippen LogP contribution in [0.3, 0.4) is 0 Å². The molecule has 4 aromatic rings. The van der Waals surface area contributed by atoms with Crippen molar-refractivity contribution < 1.29 is 17.9 Å². The first kappa shape index (κ1) is 23.2. The van der Waals surface area contributed by atoms with Gasteiger partial charge >= 0.3 is 0 Å². The van der Waals surface area contributed by atoms with Gasteiger partial charge in [-0.25, -0.2) is 13.4 Å². The zero-order chi connectivity index (χ0) is 23.4. The summed E-state index contributed by atoms with van der Waals surface area (Å²) in [6, 6.07) is 20.7. The molecule has 3 aromatic carbocycles. The van der Waals surface area contributed by atoms with Gasteiger partial charge in [0.15, 0.2) is 15.0 Å². The Labute approximate surface area is 201 Å². The van der Waals surface area contributed by atoms with Crippen molar-refractivity contribution in [2.75, 3.05) is 17.3 Å². The van der Waals surface area contributed by atoms with Gasteiger partial charge in [0.1, 0.15) is 11.5 Å². The van der Waals surface area contributed by atoms with E-state index in [9.17, 15) is 13.2 Å². The number of hydrogen-bond donors (Lipinski definition) is 0. The highest BCUT2D eigenvalue weighted by atomic mass is 35.5. The van der Waals surface area contributed by atoms with Crippen LogP contribution >= 0.6 is 22.9 Å². The zero-order valence-electron chi connectivity index (χ0n) is 17.8. The predicted octanol–water partition coefficient (Wildman–Crippen LogP) is 5.36. The lowest BCUT2D eigenvalue weighted by atomic mass is 10.2. The Bertz CT molecular complexity index is 1370. The summed E-state index contributed by atoms with van der Waals surface area (Å²) in [6.07, 6.45) is 0. The number of sulfone groups is 1. The molecule has 0 spiro atoms. The lowest BCUT2D eigenvalue weighted by Gasteiger charge is -2.20. The van der Waals surface area contributed by atoms with Crippen LogP contribution in [-0.4, -0.2) is 31.7 Å². The molecule has 0 atom stereocenters. The molecule has 0 aliphatic carbocycles. The number of thiazole rings is 1. The maximum Gasteiger partial charge on any atom is 0.244 e. The van der Waals surface area contributed by atoms with Crippen LogP contribution in [0.4, 0.5) is 5.13 Å². The first-order chi connectivity index (χ1) is 15.9. The predicted molar refractivity (Wildman–Crippen MR) is 132 cm³/mol. The van der Waals surface area contributed by atoms with Crippen molar-refractivity contribution in [2.45, 2.75) is 18.4 Å². The topological polar surface area (TPSA) is 76.6 Å². The number of halogens is 1. The van der Waals surface area contributed by atoms with Crippen LogP contribution in [0.1, 0.15) is 12.5 Å². The van der Waals surface area contributed by atoms with E-state index < -0.39 is 21.5 Å². The van der Waals surface area contributed by atoms with Gasteiger partial charge in [0.05, 0.1) is 28.3 Å². The molecule has 0 saturated carbocycles. The Hall–Kier alpha value is -2.94. The molecule has 0 aliphatic rings. The van der Waals surface area contributed by atoms with E-state index in [1.54, 1.807) is 0 Å². The number of benzene rings is 3. The summed E-state index contributed by atoms with van der Waals surface area (Å²) in [5.74, 6) is -0.522. The van der Waals surface area contributed by atoms with Crippen molar-refractivity contribution in [3.05, 3.63) is 83.4 Å². The number of anilines is 1. The van der Waals surface area contributed by atoms with Crippen LogP contribution in [0.5, 0.6) is 5.75 Å². The minimum atomic E-state index is -3.86. The number of fused-ring (bicyclic) bond motifs is 1. The monoisotopic (exact) mass is 500 g/mol. The molecule has 0 aliphatic heterocycles. The molecule has 9 heteroatoms. The standard InChI is InChI=1S/C24H21ClN2O4S2/c1-2-31-19-10-13-21-22(14-19)32-24(26-21)27(15-17-6-4-3-5-7-17)23(28)16-33(29,30)20-11-8-18(25)9-12-20/h3-14H,2,15-16H2,1H3. The maximum absolute atomic E-state index is 13.3. The molecule has 0 saturated heterocycles. The quantitative estimate of drug-likeness (QED) is 0.325. The minimum Gasteiger partial charge on any atom is -0.494 e. The van der Waals surface area contributed by atoms with E-state index in [1.807, 2.05) is 55.5 Å². The van der Waals surface area contributed by atoms with Crippen LogP contribution in [0, 0.1) is 0 Å². The number of hydrogen-bond acceptors (Lipinski definition) is 6. The second kappa shape index (κ2) is 9.91. The van der Waals surface area contributed by atoms with Crippen molar-refractivity contribution in [3.8, 4) is 5.75 Å². The number of amides is 1. The molecule has 1 aromatic heterocycles. The van der Waals surface area contributed by atoms with Crippen molar-refractivity contribution >= 4 is 54.0 Å². The van der Waals surface area contributed by atoms with E-state index >= 15 is 0 Å². The summed E-state index contributed by atoms with van der Waals surface area (Å²) < 4.78 is 32.2. The number of rotatable bonds is 8. The number of nitrogens with zero attached hydrogens (tertiary/aromatic N) is 2. The average Bonchev–Trinajstić information content (AvgIpc) is 3.21. The summed E-state index contributed by atoms with van der Waals surface area (Å²) in [6.45, 7) is 2.65. The fourth-order valence-corrected chi connectivity index (χ4v) is 5.59. The lowest BCUT2D eigenvalue weighted by Crippen LogP contribution is -2.35. The third kappa shape index (κ3) is 5.52. The Morgan fingerprint density at radius 3 is 2.48 bits per heavy atom. The summed E-state index contributed by atoms with van der Waals surface area (Å²) in [5, 5.41) is 0.852. The summed E-state index contributed by atoms with van der Waals surface area (Å²) in [7, 11) is -3.86. The van der Waals surface area contributed by atoms with Crippen LogP contribution in [0.15, 0.2) is 77.7 Å². The second-order valence-corrected chi connectivity index (χ2v) is 10.7. The zero-order valence-corrected chi connectivity index (χ0v) is 20.2. The third-order valence-electron chi connectivity index (χ3n) is 4.86. The molecule has 0 fully saturated rings. The summed E-state index contributed by atoms with van der Waals surface area (Å²) in [5.41, 5.74) is 1.58. The first-order valence-corrected chi connectivity index (χ1v) is 13.1. The van der Waals surface area contributed by atoms with Gasteiger partial charge in [0.25, 0.3) is 0 Å². The molecule has 170 valence electrons. The highest BCUT2D eigenvalue weighted by molar-refractivity contribution is 7.92. The summed E-state index contributed by atoms with van der Waals surface area (Å²) >= 11 is 7.19. The Morgan fingerprint density at radius 1 is 1.06 bits per heavy atom. The highest BCUT2D eigenvalue weighted by Gasteiger charge is 2.27. The fourth-order valence-electron chi connectivity index (χ4n) is 3.26. The van der Waals surface area contributed by atoms with E-state index in [2.05, 4.69) is 4.98 Å². The molecule has 4 rings (SSSR count). The molecule has 0 unspecified atom stereocenters. The van der Waals surface area contributed by atoms with Gasteiger partial charge in [-0.1, -0.05) is 53.3 Å². The molecular weight excluding hydrogens is 480 g/mol. The SMILES string of the molecule is CCOc1ccc2nc(N(Cc3ccccc3)C(=O)CS(=O)(=O)c3ccc(Cl)cc3)sc2c1.